The summed E-state index contributed by atoms with van der Waals surface area (Å²) in [6, 6.07) is -0.309. The maximum atomic E-state index is 12.1. The number of aromatic nitrogens is 1. The van der Waals surface area contributed by atoms with Crippen molar-refractivity contribution in [2.24, 2.45) is 11.8 Å². The van der Waals surface area contributed by atoms with Crippen molar-refractivity contribution in [1.82, 2.24) is 9.88 Å². The maximum Gasteiger partial charge on any atom is 0.322 e. The highest BCUT2D eigenvalue weighted by molar-refractivity contribution is 7.16. The summed E-state index contributed by atoms with van der Waals surface area (Å²) in [4.78, 5) is 28.8. The van der Waals surface area contributed by atoms with E-state index in [2.05, 4.69) is 24.1 Å². The lowest BCUT2D eigenvalue weighted by atomic mass is 10.1. The van der Waals surface area contributed by atoms with Gasteiger partial charge in [-0.3, -0.25) is 10.1 Å². The van der Waals surface area contributed by atoms with Crippen LogP contribution in [-0.2, 0) is 11.2 Å². The monoisotopic (exact) mass is 313 g/mol. The first-order valence-electron chi connectivity index (χ1n) is 6.92. The third-order valence-electron chi connectivity index (χ3n) is 2.94. The van der Waals surface area contributed by atoms with Crippen LogP contribution in [0.2, 0.25) is 0 Å². The van der Waals surface area contributed by atoms with Crippen molar-refractivity contribution in [3.05, 3.63) is 10.7 Å². The maximum absolute atomic E-state index is 12.1. The summed E-state index contributed by atoms with van der Waals surface area (Å²) < 4.78 is 0. The second kappa shape index (κ2) is 7.40. The molecular weight excluding hydrogens is 290 g/mol. The molecule has 0 spiro atoms. The normalized spacial score (nSPS) is 12.3. The summed E-state index contributed by atoms with van der Waals surface area (Å²) in [5.41, 5.74) is 0.889. The lowest BCUT2D eigenvalue weighted by molar-refractivity contribution is -0.141. The van der Waals surface area contributed by atoms with E-state index in [0.717, 1.165) is 22.1 Å². The number of carboxylic acids is 1. The molecule has 1 unspecified atom stereocenters. The van der Waals surface area contributed by atoms with Crippen LogP contribution in [0.1, 0.15) is 31.5 Å². The fourth-order valence-corrected chi connectivity index (χ4v) is 2.69. The van der Waals surface area contributed by atoms with Gasteiger partial charge in [0.1, 0.15) is 5.00 Å². The van der Waals surface area contributed by atoms with E-state index >= 15 is 0 Å². The Morgan fingerprint density at radius 2 is 2.00 bits per heavy atom. The van der Waals surface area contributed by atoms with Crippen LogP contribution >= 0.6 is 11.3 Å². The minimum absolute atomic E-state index is 0.165. The van der Waals surface area contributed by atoms with E-state index in [1.54, 1.807) is 14.0 Å². The molecule has 1 heterocycles. The third kappa shape index (κ3) is 5.34. The SMILES string of the molecule is Cc1nc(CC(C)C)c(NC(=O)N(C)CC(C)C(=O)O)s1. The van der Waals surface area contributed by atoms with E-state index in [1.165, 1.54) is 16.2 Å². The van der Waals surface area contributed by atoms with Crippen LogP contribution in [0.3, 0.4) is 0 Å². The number of hydrogen-bond acceptors (Lipinski definition) is 4. The van der Waals surface area contributed by atoms with Crippen molar-refractivity contribution in [2.75, 3.05) is 18.9 Å². The van der Waals surface area contributed by atoms with Gasteiger partial charge in [0, 0.05) is 13.6 Å². The summed E-state index contributed by atoms with van der Waals surface area (Å²) >= 11 is 1.44. The third-order valence-corrected chi connectivity index (χ3v) is 3.87. The van der Waals surface area contributed by atoms with Crippen molar-refractivity contribution in [3.8, 4) is 0 Å². The molecule has 2 amide bonds. The second-order valence-corrected chi connectivity index (χ2v) is 6.86. The Kier molecular flexibility index (Phi) is 6.14. The fourth-order valence-electron chi connectivity index (χ4n) is 1.86. The molecule has 0 radical (unpaired) electrons. The number of rotatable bonds is 6. The van der Waals surface area contributed by atoms with Crippen LogP contribution < -0.4 is 5.32 Å². The standard InChI is InChI=1S/C14H23N3O3S/c1-8(2)6-11-12(21-10(4)15-11)16-14(20)17(5)7-9(3)13(18)19/h8-9H,6-7H2,1-5H3,(H,16,20)(H,18,19). The number of aliphatic carboxylic acids is 1. The Bertz CT molecular complexity index is 514. The summed E-state index contributed by atoms with van der Waals surface area (Å²) in [5.74, 6) is -1.06. The van der Waals surface area contributed by atoms with Crippen molar-refractivity contribution >= 4 is 28.3 Å². The van der Waals surface area contributed by atoms with Gasteiger partial charge in [-0.25, -0.2) is 9.78 Å². The summed E-state index contributed by atoms with van der Waals surface area (Å²) in [5, 5.41) is 13.4. The first-order valence-corrected chi connectivity index (χ1v) is 7.73. The molecule has 0 fully saturated rings. The molecule has 7 heteroatoms. The van der Waals surface area contributed by atoms with Crippen LogP contribution in [0.5, 0.6) is 0 Å². The summed E-state index contributed by atoms with van der Waals surface area (Å²) in [6.45, 7) is 7.84. The highest BCUT2D eigenvalue weighted by Gasteiger charge is 2.19. The van der Waals surface area contributed by atoms with E-state index in [4.69, 9.17) is 5.11 Å². The predicted octanol–water partition coefficient (Wildman–Crippen LogP) is 2.83. The number of urea groups is 1. The minimum Gasteiger partial charge on any atom is -0.481 e. The highest BCUT2D eigenvalue weighted by Crippen LogP contribution is 2.26. The van der Waals surface area contributed by atoms with Gasteiger partial charge in [0.15, 0.2) is 0 Å². The van der Waals surface area contributed by atoms with E-state index < -0.39 is 11.9 Å². The number of amides is 2. The topological polar surface area (TPSA) is 82.5 Å². The number of nitrogens with one attached hydrogen (secondary N) is 1. The van der Waals surface area contributed by atoms with Gasteiger partial charge in [0.05, 0.1) is 16.6 Å². The number of aryl methyl sites for hydroxylation is 1. The molecule has 2 N–H and O–H groups in total. The number of nitrogens with zero attached hydrogens (tertiary/aromatic N) is 2. The molecule has 0 saturated carbocycles. The smallest absolute Gasteiger partial charge is 0.322 e. The number of thiazole rings is 1. The number of carbonyl (C=O) groups excluding carboxylic acids is 1. The van der Waals surface area contributed by atoms with Crippen molar-refractivity contribution < 1.29 is 14.7 Å². The van der Waals surface area contributed by atoms with Gasteiger partial charge >= 0.3 is 12.0 Å². The molecule has 1 aromatic heterocycles. The Hall–Kier alpha value is -1.63. The van der Waals surface area contributed by atoms with Crippen molar-refractivity contribution in [3.63, 3.8) is 0 Å². The van der Waals surface area contributed by atoms with Crippen LogP contribution in [0.15, 0.2) is 0 Å². The Morgan fingerprint density at radius 3 is 2.52 bits per heavy atom. The molecule has 1 atom stereocenters. The number of carbonyl (C=O) groups is 2. The number of hydrogen-bond donors (Lipinski definition) is 2. The average molecular weight is 313 g/mol. The highest BCUT2D eigenvalue weighted by atomic mass is 32.1. The van der Waals surface area contributed by atoms with E-state index in [1.807, 2.05) is 6.92 Å². The quantitative estimate of drug-likeness (QED) is 0.846. The van der Waals surface area contributed by atoms with Crippen molar-refractivity contribution in [2.45, 2.75) is 34.1 Å². The van der Waals surface area contributed by atoms with Crippen molar-refractivity contribution in [1.29, 1.82) is 0 Å². The molecule has 21 heavy (non-hydrogen) atoms. The molecular formula is C14H23N3O3S. The zero-order valence-corrected chi connectivity index (χ0v) is 14.0. The Balaban J connectivity index is 2.72. The van der Waals surface area contributed by atoms with Gasteiger partial charge in [-0.2, -0.15) is 0 Å². The Morgan fingerprint density at radius 1 is 1.38 bits per heavy atom. The molecule has 1 aromatic rings. The summed E-state index contributed by atoms with van der Waals surface area (Å²) in [6.07, 6.45) is 0.801. The van der Waals surface area contributed by atoms with Crippen LogP contribution in [0.4, 0.5) is 9.80 Å². The van der Waals surface area contributed by atoms with Gasteiger partial charge in [-0.1, -0.05) is 20.8 Å². The van der Waals surface area contributed by atoms with Gasteiger partial charge in [0.25, 0.3) is 0 Å². The van der Waals surface area contributed by atoms with E-state index in [-0.39, 0.29) is 12.6 Å². The molecule has 118 valence electrons. The van der Waals surface area contributed by atoms with E-state index in [0.29, 0.717) is 5.92 Å². The molecule has 0 saturated heterocycles. The largest absolute Gasteiger partial charge is 0.481 e. The molecule has 0 aromatic carbocycles. The lowest BCUT2D eigenvalue weighted by Crippen LogP contribution is -2.36. The summed E-state index contributed by atoms with van der Waals surface area (Å²) in [7, 11) is 1.59. The zero-order valence-electron chi connectivity index (χ0n) is 13.1. The molecule has 6 nitrogen and oxygen atoms in total. The van der Waals surface area contributed by atoms with Gasteiger partial charge in [-0.05, 0) is 19.3 Å². The molecule has 1 rings (SSSR count). The van der Waals surface area contributed by atoms with Crippen LogP contribution in [-0.4, -0.2) is 40.6 Å². The van der Waals surface area contributed by atoms with Gasteiger partial charge in [0.2, 0.25) is 0 Å². The lowest BCUT2D eigenvalue weighted by Gasteiger charge is -2.19. The van der Waals surface area contributed by atoms with Gasteiger partial charge in [-0.15, -0.1) is 11.3 Å². The predicted molar refractivity (Wildman–Crippen MR) is 83.8 cm³/mol. The molecule has 0 aliphatic rings. The number of carboxylic acid groups (broad SMARTS) is 1. The Labute approximate surface area is 129 Å². The first kappa shape index (κ1) is 17.4. The average Bonchev–Trinajstić information content (AvgIpc) is 2.67. The fraction of sp³-hybridized carbons (Fsp3) is 0.643. The minimum atomic E-state index is -0.913. The first-order chi connectivity index (χ1) is 9.70. The molecule has 0 bridgehead atoms. The van der Waals surface area contributed by atoms with Crippen LogP contribution in [0.25, 0.3) is 0 Å². The number of anilines is 1. The van der Waals surface area contributed by atoms with E-state index in [9.17, 15) is 9.59 Å². The molecule has 0 aliphatic heterocycles. The second-order valence-electron chi connectivity index (χ2n) is 5.66. The van der Waals surface area contributed by atoms with Gasteiger partial charge < -0.3 is 10.0 Å². The van der Waals surface area contributed by atoms with Crippen LogP contribution in [0, 0.1) is 18.8 Å². The molecule has 0 aliphatic carbocycles. The zero-order chi connectivity index (χ0) is 16.2.